The quantitative estimate of drug-likeness (QED) is 0.571. The molecular formula is C7H15NO. The lowest BCUT2D eigenvalue weighted by Gasteiger charge is -2.25. The Morgan fingerprint density at radius 3 is 2.67 bits per heavy atom. The van der Waals surface area contributed by atoms with Crippen LogP contribution in [0, 0.1) is 0 Å². The summed E-state index contributed by atoms with van der Waals surface area (Å²) in [5, 5.41) is 0. The van der Waals surface area contributed by atoms with Crippen molar-refractivity contribution in [3.63, 3.8) is 0 Å². The van der Waals surface area contributed by atoms with Gasteiger partial charge in [-0.05, 0) is 26.2 Å². The van der Waals surface area contributed by atoms with Crippen molar-refractivity contribution in [3.05, 3.63) is 0 Å². The molecule has 1 aliphatic rings. The summed E-state index contributed by atoms with van der Waals surface area (Å²) in [6, 6.07) is 0.213. The average Bonchev–Trinajstić information content (AvgIpc) is 1.90. The highest BCUT2D eigenvalue weighted by atomic mass is 16.5. The zero-order chi connectivity index (χ0) is 6.69. The van der Waals surface area contributed by atoms with Gasteiger partial charge in [0.15, 0.2) is 0 Å². The van der Waals surface area contributed by atoms with Crippen molar-refractivity contribution in [1.82, 2.24) is 0 Å². The summed E-state index contributed by atoms with van der Waals surface area (Å²) in [7, 11) is 0. The molecule has 0 unspecified atom stereocenters. The van der Waals surface area contributed by atoms with Crippen LogP contribution in [0.25, 0.3) is 0 Å². The molecule has 1 heterocycles. The molecule has 2 N–H and O–H groups in total. The first-order valence-corrected chi connectivity index (χ1v) is 3.68. The van der Waals surface area contributed by atoms with Crippen molar-refractivity contribution in [2.45, 2.75) is 38.3 Å². The van der Waals surface area contributed by atoms with E-state index in [9.17, 15) is 0 Å². The van der Waals surface area contributed by atoms with Gasteiger partial charge in [-0.2, -0.15) is 0 Å². The van der Waals surface area contributed by atoms with Crippen molar-refractivity contribution < 1.29 is 4.74 Å². The third-order valence-electron chi connectivity index (χ3n) is 1.80. The van der Waals surface area contributed by atoms with Gasteiger partial charge in [-0.25, -0.2) is 0 Å². The minimum absolute atomic E-state index is 0.213. The molecule has 0 amide bonds. The highest BCUT2D eigenvalue weighted by Crippen LogP contribution is 2.13. The van der Waals surface area contributed by atoms with Crippen LogP contribution in [0.2, 0.25) is 0 Å². The molecule has 0 aromatic heterocycles. The first-order valence-electron chi connectivity index (χ1n) is 3.68. The maximum absolute atomic E-state index is 5.64. The van der Waals surface area contributed by atoms with E-state index in [0.29, 0.717) is 6.10 Å². The third kappa shape index (κ3) is 1.95. The first-order chi connectivity index (χ1) is 4.30. The zero-order valence-electron chi connectivity index (χ0n) is 5.97. The molecule has 0 aliphatic carbocycles. The second kappa shape index (κ2) is 3.18. The fourth-order valence-electron chi connectivity index (χ4n) is 1.18. The largest absolute Gasteiger partial charge is 0.377 e. The molecule has 1 aliphatic heterocycles. The lowest BCUT2D eigenvalue weighted by atomic mass is 10.0. The summed E-state index contributed by atoms with van der Waals surface area (Å²) >= 11 is 0. The Bertz CT molecular complexity index is 77.0. The van der Waals surface area contributed by atoms with E-state index in [1.54, 1.807) is 0 Å². The molecule has 0 spiro atoms. The van der Waals surface area contributed by atoms with Crippen LogP contribution in [0.3, 0.4) is 0 Å². The predicted octanol–water partition coefficient (Wildman–Crippen LogP) is 0.903. The van der Waals surface area contributed by atoms with E-state index in [2.05, 4.69) is 0 Å². The summed E-state index contributed by atoms with van der Waals surface area (Å²) in [6.07, 6.45) is 3.98. The Balaban J connectivity index is 2.23. The van der Waals surface area contributed by atoms with E-state index >= 15 is 0 Å². The van der Waals surface area contributed by atoms with Gasteiger partial charge in [0.1, 0.15) is 0 Å². The van der Waals surface area contributed by atoms with Crippen LogP contribution in [0.4, 0.5) is 0 Å². The Morgan fingerprint density at radius 2 is 2.33 bits per heavy atom. The predicted molar refractivity (Wildman–Crippen MR) is 37.2 cm³/mol. The molecule has 9 heavy (non-hydrogen) atoms. The number of hydrogen-bond donors (Lipinski definition) is 1. The van der Waals surface area contributed by atoms with E-state index in [4.69, 9.17) is 10.5 Å². The number of nitrogens with two attached hydrogens (primary N) is 1. The Morgan fingerprint density at radius 1 is 1.56 bits per heavy atom. The number of ether oxygens (including phenoxy) is 1. The van der Waals surface area contributed by atoms with Crippen LogP contribution < -0.4 is 5.73 Å². The molecular weight excluding hydrogens is 114 g/mol. The molecule has 2 nitrogen and oxygen atoms in total. The maximum atomic E-state index is 5.64. The van der Waals surface area contributed by atoms with Crippen LogP contribution in [-0.4, -0.2) is 18.8 Å². The van der Waals surface area contributed by atoms with Crippen molar-refractivity contribution in [2.75, 3.05) is 6.61 Å². The summed E-state index contributed by atoms with van der Waals surface area (Å²) in [5.74, 6) is 0. The van der Waals surface area contributed by atoms with E-state index in [-0.39, 0.29) is 6.04 Å². The molecule has 0 aromatic carbocycles. The summed E-state index contributed by atoms with van der Waals surface area (Å²) in [5.41, 5.74) is 5.64. The molecule has 2 atom stereocenters. The van der Waals surface area contributed by atoms with Crippen LogP contribution in [0.1, 0.15) is 26.2 Å². The van der Waals surface area contributed by atoms with E-state index < -0.39 is 0 Å². The Kier molecular flexibility index (Phi) is 2.49. The normalized spacial score (nSPS) is 32.0. The molecule has 1 fully saturated rings. The van der Waals surface area contributed by atoms with Crippen LogP contribution in [0.15, 0.2) is 0 Å². The molecule has 0 radical (unpaired) electrons. The number of rotatable bonds is 1. The molecule has 1 rings (SSSR count). The van der Waals surface area contributed by atoms with Gasteiger partial charge < -0.3 is 10.5 Å². The fraction of sp³-hybridized carbons (Fsp3) is 1.00. The van der Waals surface area contributed by atoms with Gasteiger partial charge in [-0.1, -0.05) is 0 Å². The van der Waals surface area contributed by atoms with E-state index in [0.717, 1.165) is 13.0 Å². The van der Waals surface area contributed by atoms with Gasteiger partial charge in [0.2, 0.25) is 0 Å². The Hall–Kier alpha value is -0.0800. The van der Waals surface area contributed by atoms with Gasteiger partial charge >= 0.3 is 0 Å². The second-order valence-electron chi connectivity index (χ2n) is 2.76. The first kappa shape index (κ1) is 7.03. The van der Waals surface area contributed by atoms with Crippen LogP contribution in [0.5, 0.6) is 0 Å². The molecule has 54 valence electrons. The minimum atomic E-state index is 0.213. The van der Waals surface area contributed by atoms with Gasteiger partial charge in [0, 0.05) is 12.6 Å². The monoisotopic (exact) mass is 129 g/mol. The summed E-state index contributed by atoms with van der Waals surface area (Å²) in [4.78, 5) is 0. The molecule has 2 heteroatoms. The van der Waals surface area contributed by atoms with Crippen molar-refractivity contribution >= 4 is 0 Å². The SMILES string of the molecule is C[C@@H](N)[C@H]1CCCCO1. The fourth-order valence-corrected chi connectivity index (χ4v) is 1.18. The highest BCUT2D eigenvalue weighted by molar-refractivity contribution is 4.71. The van der Waals surface area contributed by atoms with Gasteiger partial charge in [-0.15, -0.1) is 0 Å². The minimum Gasteiger partial charge on any atom is -0.377 e. The van der Waals surface area contributed by atoms with Gasteiger partial charge in [0.25, 0.3) is 0 Å². The Labute approximate surface area is 56.4 Å². The molecule has 0 bridgehead atoms. The number of hydrogen-bond acceptors (Lipinski definition) is 2. The smallest absolute Gasteiger partial charge is 0.0723 e. The zero-order valence-corrected chi connectivity index (χ0v) is 5.97. The highest BCUT2D eigenvalue weighted by Gasteiger charge is 2.16. The van der Waals surface area contributed by atoms with Gasteiger partial charge in [0.05, 0.1) is 6.10 Å². The lowest BCUT2D eigenvalue weighted by Crippen LogP contribution is -2.36. The topological polar surface area (TPSA) is 35.2 Å². The van der Waals surface area contributed by atoms with Crippen LogP contribution in [-0.2, 0) is 4.74 Å². The maximum Gasteiger partial charge on any atom is 0.0723 e. The standard InChI is InChI=1S/C7H15NO/c1-6(8)7-4-2-3-5-9-7/h6-7H,2-5,8H2,1H3/t6-,7-/m1/s1. The lowest BCUT2D eigenvalue weighted by molar-refractivity contribution is 0.00403. The second-order valence-corrected chi connectivity index (χ2v) is 2.76. The van der Waals surface area contributed by atoms with E-state index in [1.807, 2.05) is 6.92 Å². The molecule has 0 saturated carbocycles. The van der Waals surface area contributed by atoms with Gasteiger partial charge in [-0.3, -0.25) is 0 Å². The summed E-state index contributed by atoms with van der Waals surface area (Å²) in [6.45, 7) is 2.92. The average molecular weight is 129 g/mol. The third-order valence-corrected chi connectivity index (χ3v) is 1.80. The van der Waals surface area contributed by atoms with Crippen molar-refractivity contribution in [2.24, 2.45) is 5.73 Å². The van der Waals surface area contributed by atoms with Crippen molar-refractivity contribution in [3.8, 4) is 0 Å². The molecule has 0 aromatic rings. The van der Waals surface area contributed by atoms with Crippen LogP contribution >= 0.6 is 0 Å². The molecule has 1 saturated heterocycles. The summed E-state index contributed by atoms with van der Waals surface area (Å²) < 4.78 is 5.41. The van der Waals surface area contributed by atoms with E-state index in [1.165, 1.54) is 12.8 Å². The van der Waals surface area contributed by atoms with Crippen molar-refractivity contribution in [1.29, 1.82) is 0 Å².